The molecule has 2 amide bonds. The van der Waals surface area contributed by atoms with Crippen molar-refractivity contribution >= 4 is 11.8 Å². The van der Waals surface area contributed by atoms with Crippen molar-refractivity contribution in [1.82, 2.24) is 9.80 Å². The van der Waals surface area contributed by atoms with E-state index in [0.29, 0.717) is 26.2 Å². The average molecular weight is 276 g/mol. The Morgan fingerprint density at radius 3 is 1.85 bits per heavy atom. The first kappa shape index (κ1) is 17.9. The molecule has 0 spiro atoms. The predicted octanol–water partition coefficient (Wildman–Crippen LogP) is 2.17. The molecule has 0 aliphatic carbocycles. The molecule has 0 atom stereocenters. The number of nitrogens with zero attached hydrogens (tertiary/aromatic N) is 2. The largest absolute Gasteiger partial charge is 0.335 e. The Labute approximate surface area is 121 Å². The minimum absolute atomic E-state index is 0.0818. The third-order valence-corrected chi connectivity index (χ3v) is 2.63. The lowest BCUT2D eigenvalue weighted by Crippen LogP contribution is -2.31. The van der Waals surface area contributed by atoms with Crippen LogP contribution in [0.25, 0.3) is 0 Å². The van der Waals surface area contributed by atoms with E-state index in [9.17, 15) is 9.59 Å². The molecule has 4 heteroatoms. The second-order valence-electron chi connectivity index (χ2n) is 4.20. The molecule has 0 N–H and O–H groups in total. The number of carbonyl (C=O) groups is 2. The minimum Gasteiger partial charge on any atom is -0.335 e. The molecular formula is C16H24N2O2. The zero-order valence-electron chi connectivity index (χ0n) is 12.3. The molecule has 0 saturated heterocycles. The van der Waals surface area contributed by atoms with Crippen LogP contribution in [0.1, 0.15) is 13.3 Å². The Kier molecular flexibility index (Phi) is 9.66. The maximum atomic E-state index is 11.6. The van der Waals surface area contributed by atoms with Crippen molar-refractivity contribution in [2.45, 2.75) is 13.3 Å². The fraction of sp³-hybridized carbons (Fsp3) is 0.375. The molecule has 0 bridgehead atoms. The summed E-state index contributed by atoms with van der Waals surface area (Å²) < 4.78 is 0. The quantitative estimate of drug-likeness (QED) is 0.453. The summed E-state index contributed by atoms with van der Waals surface area (Å²) in [7, 11) is 0. The van der Waals surface area contributed by atoms with Crippen LogP contribution < -0.4 is 0 Å². The van der Waals surface area contributed by atoms with Crippen molar-refractivity contribution in [1.29, 1.82) is 0 Å². The molecule has 4 nitrogen and oxygen atoms in total. The number of hydrogen-bond donors (Lipinski definition) is 0. The summed E-state index contributed by atoms with van der Waals surface area (Å²) in [6.07, 6.45) is 8.90. The molecule has 110 valence electrons. The standard InChI is InChI=1S/C16H24N2O2/c1-5-11-17(15(19)7-3)13-9-10-14-18(12-6-2)16(20)8-4/h5,7-10H,1,3-4,6,11-14H2,2H3/b10-9+. The summed E-state index contributed by atoms with van der Waals surface area (Å²) in [5, 5.41) is 0. The van der Waals surface area contributed by atoms with E-state index in [-0.39, 0.29) is 11.8 Å². The molecule has 0 radical (unpaired) electrons. The zero-order valence-corrected chi connectivity index (χ0v) is 12.3. The third kappa shape index (κ3) is 6.73. The van der Waals surface area contributed by atoms with Gasteiger partial charge in [-0.3, -0.25) is 9.59 Å². The minimum atomic E-state index is -0.137. The van der Waals surface area contributed by atoms with Gasteiger partial charge in [0.05, 0.1) is 0 Å². The van der Waals surface area contributed by atoms with Gasteiger partial charge in [-0.2, -0.15) is 0 Å². The molecule has 20 heavy (non-hydrogen) atoms. The van der Waals surface area contributed by atoms with Crippen molar-refractivity contribution in [3.05, 3.63) is 50.1 Å². The lowest BCUT2D eigenvalue weighted by molar-refractivity contribution is -0.126. The highest BCUT2D eigenvalue weighted by Gasteiger charge is 2.07. The number of hydrogen-bond acceptors (Lipinski definition) is 2. The van der Waals surface area contributed by atoms with Crippen LogP contribution in [-0.4, -0.2) is 47.8 Å². The van der Waals surface area contributed by atoms with E-state index in [0.717, 1.165) is 6.42 Å². The molecule has 0 unspecified atom stereocenters. The van der Waals surface area contributed by atoms with Crippen LogP contribution in [0, 0.1) is 0 Å². The number of carbonyl (C=O) groups excluding carboxylic acids is 2. The first-order valence-electron chi connectivity index (χ1n) is 6.69. The molecular weight excluding hydrogens is 252 g/mol. The first-order valence-corrected chi connectivity index (χ1v) is 6.69. The van der Waals surface area contributed by atoms with Crippen LogP contribution in [0.4, 0.5) is 0 Å². The maximum Gasteiger partial charge on any atom is 0.246 e. The van der Waals surface area contributed by atoms with Crippen LogP contribution in [0.5, 0.6) is 0 Å². The van der Waals surface area contributed by atoms with Gasteiger partial charge >= 0.3 is 0 Å². The summed E-state index contributed by atoms with van der Waals surface area (Å²) >= 11 is 0. The van der Waals surface area contributed by atoms with Crippen LogP contribution in [0.3, 0.4) is 0 Å². The van der Waals surface area contributed by atoms with Gasteiger partial charge in [0.1, 0.15) is 0 Å². The highest BCUT2D eigenvalue weighted by atomic mass is 16.2. The van der Waals surface area contributed by atoms with Gasteiger partial charge in [-0.05, 0) is 18.6 Å². The normalized spacial score (nSPS) is 10.1. The van der Waals surface area contributed by atoms with Gasteiger partial charge in [0.15, 0.2) is 0 Å². The van der Waals surface area contributed by atoms with Crippen molar-refractivity contribution < 1.29 is 9.59 Å². The lowest BCUT2D eigenvalue weighted by Gasteiger charge is -2.19. The van der Waals surface area contributed by atoms with Crippen molar-refractivity contribution in [2.75, 3.05) is 26.2 Å². The Balaban J connectivity index is 4.42. The molecule has 0 aromatic rings. The maximum absolute atomic E-state index is 11.6. The SMILES string of the molecule is C=CCN(C/C=C/CN(CCC)C(=O)C=C)C(=O)C=C. The lowest BCUT2D eigenvalue weighted by atomic mass is 10.3. The smallest absolute Gasteiger partial charge is 0.246 e. The summed E-state index contributed by atoms with van der Waals surface area (Å²) in [5.41, 5.74) is 0. The Morgan fingerprint density at radius 2 is 1.40 bits per heavy atom. The molecule has 0 rings (SSSR count). The topological polar surface area (TPSA) is 40.6 Å². The second-order valence-corrected chi connectivity index (χ2v) is 4.20. The van der Waals surface area contributed by atoms with Gasteiger partial charge in [0, 0.05) is 26.2 Å². The van der Waals surface area contributed by atoms with E-state index in [1.54, 1.807) is 15.9 Å². The summed E-state index contributed by atoms with van der Waals surface area (Å²) in [6.45, 7) is 14.7. The molecule has 0 heterocycles. The Morgan fingerprint density at radius 1 is 0.900 bits per heavy atom. The highest BCUT2D eigenvalue weighted by Crippen LogP contribution is 1.96. The number of amides is 2. The van der Waals surface area contributed by atoms with E-state index >= 15 is 0 Å². The fourth-order valence-electron chi connectivity index (χ4n) is 1.63. The monoisotopic (exact) mass is 276 g/mol. The average Bonchev–Trinajstić information content (AvgIpc) is 2.47. The summed E-state index contributed by atoms with van der Waals surface area (Å²) in [4.78, 5) is 26.4. The van der Waals surface area contributed by atoms with E-state index in [1.165, 1.54) is 12.2 Å². The molecule has 0 aromatic carbocycles. The fourth-order valence-corrected chi connectivity index (χ4v) is 1.63. The van der Waals surface area contributed by atoms with Gasteiger partial charge in [-0.15, -0.1) is 6.58 Å². The van der Waals surface area contributed by atoms with E-state index in [4.69, 9.17) is 0 Å². The Hall–Kier alpha value is -2.10. The summed E-state index contributed by atoms with van der Waals surface area (Å²) in [5.74, 6) is -0.219. The van der Waals surface area contributed by atoms with Crippen LogP contribution >= 0.6 is 0 Å². The summed E-state index contributed by atoms with van der Waals surface area (Å²) in [6, 6.07) is 0. The van der Waals surface area contributed by atoms with E-state index in [2.05, 4.69) is 19.7 Å². The van der Waals surface area contributed by atoms with E-state index in [1.807, 2.05) is 19.1 Å². The molecule has 0 aromatic heterocycles. The van der Waals surface area contributed by atoms with Gasteiger partial charge < -0.3 is 9.80 Å². The van der Waals surface area contributed by atoms with Gasteiger partial charge in [-0.25, -0.2) is 0 Å². The molecule has 0 fully saturated rings. The third-order valence-electron chi connectivity index (χ3n) is 2.63. The highest BCUT2D eigenvalue weighted by molar-refractivity contribution is 5.87. The van der Waals surface area contributed by atoms with Crippen molar-refractivity contribution in [3.63, 3.8) is 0 Å². The zero-order chi connectivity index (χ0) is 15.4. The van der Waals surface area contributed by atoms with Crippen LogP contribution in [-0.2, 0) is 9.59 Å². The van der Waals surface area contributed by atoms with Gasteiger partial charge in [0.25, 0.3) is 0 Å². The van der Waals surface area contributed by atoms with Crippen molar-refractivity contribution in [3.8, 4) is 0 Å². The molecule has 0 aliphatic rings. The van der Waals surface area contributed by atoms with Crippen LogP contribution in [0.2, 0.25) is 0 Å². The molecule has 0 aliphatic heterocycles. The van der Waals surface area contributed by atoms with Gasteiger partial charge in [-0.1, -0.05) is 38.3 Å². The second kappa shape index (κ2) is 10.8. The van der Waals surface area contributed by atoms with E-state index < -0.39 is 0 Å². The predicted molar refractivity (Wildman–Crippen MR) is 83.2 cm³/mol. The number of rotatable bonds is 10. The van der Waals surface area contributed by atoms with Gasteiger partial charge in [0.2, 0.25) is 11.8 Å². The Bertz CT molecular complexity index is 386. The van der Waals surface area contributed by atoms with Crippen molar-refractivity contribution in [2.24, 2.45) is 0 Å². The molecule has 0 saturated carbocycles. The first-order chi connectivity index (χ1) is 9.60. The van der Waals surface area contributed by atoms with Crippen LogP contribution in [0.15, 0.2) is 50.1 Å².